The number of aromatic nitrogens is 1. The van der Waals surface area contributed by atoms with Gasteiger partial charge in [-0.2, -0.15) is 0 Å². The van der Waals surface area contributed by atoms with Crippen LogP contribution in [0.2, 0.25) is 10.0 Å². The molecule has 1 saturated heterocycles. The number of pyridine rings is 1. The zero-order valence-electron chi connectivity index (χ0n) is 13.9. The highest BCUT2D eigenvalue weighted by Gasteiger charge is 2.25. The van der Waals surface area contributed by atoms with Crippen LogP contribution in [0.3, 0.4) is 0 Å². The van der Waals surface area contributed by atoms with Crippen molar-refractivity contribution >= 4 is 29.1 Å². The van der Waals surface area contributed by atoms with Gasteiger partial charge in [0.05, 0.1) is 0 Å². The molecule has 0 unspecified atom stereocenters. The third kappa shape index (κ3) is 5.18. The summed E-state index contributed by atoms with van der Waals surface area (Å²) in [7, 11) is 0. The van der Waals surface area contributed by atoms with Crippen LogP contribution in [0, 0.1) is 5.92 Å². The first kappa shape index (κ1) is 18.2. The molecule has 25 heavy (non-hydrogen) atoms. The number of hydrogen-bond acceptors (Lipinski definition) is 3. The van der Waals surface area contributed by atoms with Gasteiger partial charge in [-0.1, -0.05) is 35.3 Å². The van der Waals surface area contributed by atoms with Crippen molar-refractivity contribution in [2.24, 2.45) is 5.92 Å². The Balaban J connectivity index is 1.45. The molecule has 0 saturated carbocycles. The van der Waals surface area contributed by atoms with E-state index in [-0.39, 0.29) is 11.8 Å². The first-order valence-electron chi connectivity index (χ1n) is 8.45. The molecule has 132 valence electrons. The highest BCUT2D eigenvalue weighted by atomic mass is 35.5. The van der Waals surface area contributed by atoms with Crippen molar-refractivity contribution in [2.45, 2.75) is 25.9 Å². The van der Waals surface area contributed by atoms with Gasteiger partial charge in [0, 0.05) is 41.4 Å². The van der Waals surface area contributed by atoms with Gasteiger partial charge in [-0.25, -0.2) is 0 Å². The summed E-state index contributed by atoms with van der Waals surface area (Å²) >= 11 is 12.2. The number of hydrogen-bond donors (Lipinski definition) is 1. The number of rotatable bonds is 5. The summed E-state index contributed by atoms with van der Waals surface area (Å²) < 4.78 is 0. The number of benzene rings is 1. The molecule has 6 heteroatoms. The third-order valence-corrected chi connectivity index (χ3v) is 5.14. The van der Waals surface area contributed by atoms with E-state index in [1.807, 2.05) is 24.3 Å². The number of nitrogens with one attached hydrogen (secondary N) is 1. The summed E-state index contributed by atoms with van der Waals surface area (Å²) in [4.78, 5) is 18.7. The molecule has 2 heterocycles. The minimum atomic E-state index is 0.0774. The molecular formula is C19H21Cl2N3O. The van der Waals surface area contributed by atoms with Gasteiger partial charge in [0.1, 0.15) is 0 Å². The zero-order chi connectivity index (χ0) is 17.6. The lowest BCUT2D eigenvalue weighted by Gasteiger charge is -2.31. The molecule has 0 radical (unpaired) electrons. The number of carbonyl (C=O) groups excluding carboxylic acids is 1. The average Bonchev–Trinajstić information content (AvgIpc) is 2.63. The van der Waals surface area contributed by atoms with Gasteiger partial charge in [0.25, 0.3) is 0 Å². The average molecular weight is 378 g/mol. The molecule has 0 aliphatic carbocycles. The molecule has 1 N–H and O–H groups in total. The molecule has 4 nitrogen and oxygen atoms in total. The highest BCUT2D eigenvalue weighted by Crippen LogP contribution is 2.25. The van der Waals surface area contributed by atoms with Gasteiger partial charge in [-0.15, -0.1) is 0 Å². The molecule has 1 aliphatic rings. The predicted molar refractivity (Wildman–Crippen MR) is 101 cm³/mol. The first-order chi connectivity index (χ1) is 12.1. The Hall–Kier alpha value is -1.62. The van der Waals surface area contributed by atoms with Crippen molar-refractivity contribution in [2.75, 3.05) is 13.1 Å². The summed E-state index contributed by atoms with van der Waals surface area (Å²) in [6.07, 6.45) is 5.24. The maximum absolute atomic E-state index is 12.3. The van der Waals surface area contributed by atoms with E-state index in [1.54, 1.807) is 18.5 Å². The topological polar surface area (TPSA) is 45.2 Å². The van der Waals surface area contributed by atoms with Gasteiger partial charge in [-0.3, -0.25) is 14.7 Å². The Morgan fingerprint density at radius 2 is 2.04 bits per heavy atom. The Kier molecular flexibility index (Phi) is 6.29. The van der Waals surface area contributed by atoms with E-state index in [4.69, 9.17) is 23.2 Å². The van der Waals surface area contributed by atoms with Crippen LogP contribution in [-0.4, -0.2) is 28.9 Å². The molecule has 2 aromatic rings. The van der Waals surface area contributed by atoms with Crippen LogP contribution in [0.1, 0.15) is 24.0 Å². The van der Waals surface area contributed by atoms with Crippen LogP contribution in [-0.2, 0) is 17.9 Å². The summed E-state index contributed by atoms with van der Waals surface area (Å²) in [5, 5.41) is 4.36. The largest absolute Gasteiger partial charge is 0.352 e. The van der Waals surface area contributed by atoms with Crippen molar-refractivity contribution in [3.8, 4) is 0 Å². The monoisotopic (exact) mass is 377 g/mol. The SMILES string of the molecule is O=C(NCc1cccnc1)C1CCN(Cc2ccc(Cl)cc2Cl)CC1. The molecule has 1 amide bonds. The molecule has 0 bridgehead atoms. The second kappa shape index (κ2) is 8.65. The van der Waals surface area contributed by atoms with Crippen LogP contribution in [0.15, 0.2) is 42.7 Å². The zero-order valence-corrected chi connectivity index (χ0v) is 15.4. The molecule has 1 fully saturated rings. The Morgan fingerprint density at radius 1 is 1.24 bits per heavy atom. The van der Waals surface area contributed by atoms with Crippen LogP contribution in [0.4, 0.5) is 0 Å². The van der Waals surface area contributed by atoms with E-state index in [0.717, 1.165) is 43.6 Å². The van der Waals surface area contributed by atoms with E-state index in [0.29, 0.717) is 16.6 Å². The number of amides is 1. The fraction of sp³-hybridized carbons (Fsp3) is 0.368. The molecule has 3 rings (SSSR count). The first-order valence-corrected chi connectivity index (χ1v) is 9.20. The number of piperidine rings is 1. The van der Waals surface area contributed by atoms with Gasteiger partial charge in [0.15, 0.2) is 0 Å². The van der Waals surface area contributed by atoms with E-state index >= 15 is 0 Å². The Morgan fingerprint density at radius 3 is 2.72 bits per heavy atom. The number of halogens is 2. The lowest BCUT2D eigenvalue weighted by atomic mass is 9.95. The van der Waals surface area contributed by atoms with Crippen molar-refractivity contribution < 1.29 is 4.79 Å². The molecule has 0 atom stereocenters. The summed E-state index contributed by atoms with van der Waals surface area (Å²) in [6, 6.07) is 9.45. The van der Waals surface area contributed by atoms with Crippen molar-refractivity contribution in [1.82, 2.24) is 15.2 Å². The molecule has 1 aliphatic heterocycles. The minimum absolute atomic E-state index is 0.0774. The van der Waals surface area contributed by atoms with E-state index < -0.39 is 0 Å². The van der Waals surface area contributed by atoms with Crippen LogP contribution in [0.25, 0.3) is 0 Å². The molecule has 1 aromatic heterocycles. The normalized spacial score (nSPS) is 15.9. The fourth-order valence-corrected chi connectivity index (χ4v) is 3.55. The predicted octanol–water partition coefficient (Wildman–Crippen LogP) is 3.92. The van der Waals surface area contributed by atoms with Crippen molar-refractivity contribution in [3.63, 3.8) is 0 Å². The summed E-state index contributed by atoms with van der Waals surface area (Å²) in [6.45, 7) is 3.11. The lowest BCUT2D eigenvalue weighted by Crippen LogP contribution is -2.40. The minimum Gasteiger partial charge on any atom is -0.352 e. The summed E-state index contributed by atoms with van der Waals surface area (Å²) in [5.41, 5.74) is 2.09. The number of carbonyl (C=O) groups is 1. The molecule has 1 aromatic carbocycles. The number of nitrogens with zero attached hydrogens (tertiary/aromatic N) is 2. The Labute approximate surface area is 158 Å². The van der Waals surface area contributed by atoms with E-state index in [1.165, 1.54) is 0 Å². The van der Waals surface area contributed by atoms with Crippen LogP contribution < -0.4 is 5.32 Å². The van der Waals surface area contributed by atoms with Crippen molar-refractivity contribution in [1.29, 1.82) is 0 Å². The summed E-state index contributed by atoms with van der Waals surface area (Å²) in [5.74, 6) is 0.210. The maximum atomic E-state index is 12.3. The van der Waals surface area contributed by atoms with E-state index in [9.17, 15) is 4.79 Å². The van der Waals surface area contributed by atoms with Gasteiger partial charge in [-0.05, 0) is 55.3 Å². The quantitative estimate of drug-likeness (QED) is 0.858. The third-order valence-electron chi connectivity index (χ3n) is 4.56. The van der Waals surface area contributed by atoms with Crippen LogP contribution >= 0.6 is 23.2 Å². The number of likely N-dealkylation sites (tertiary alicyclic amines) is 1. The fourth-order valence-electron chi connectivity index (χ4n) is 3.08. The highest BCUT2D eigenvalue weighted by molar-refractivity contribution is 6.35. The van der Waals surface area contributed by atoms with Crippen LogP contribution in [0.5, 0.6) is 0 Å². The van der Waals surface area contributed by atoms with Gasteiger partial charge in [0.2, 0.25) is 5.91 Å². The maximum Gasteiger partial charge on any atom is 0.223 e. The lowest BCUT2D eigenvalue weighted by molar-refractivity contribution is -0.126. The van der Waals surface area contributed by atoms with Crippen molar-refractivity contribution in [3.05, 3.63) is 63.9 Å². The molecular weight excluding hydrogens is 357 g/mol. The second-order valence-electron chi connectivity index (χ2n) is 6.37. The smallest absolute Gasteiger partial charge is 0.223 e. The standard InChI is InChI=1S/C19H21Cl2N3O/c20-17-4-3-16(18(21)10-17)13-24-8-5-15(6-9-24)19(25)23-12-14-2-1-7-22-11-14/h1-4,7,10-11,15H,5-6,8-9,12-13H2,(H,23,25). The van der Waals surface area contributed by atoms with E-state index in [2.05, 4.69) is 15.2 Å². The van der Waals surface area contributed by atoms with Gasteiger partial charge >= 0.3 is 0 Å². The van der Waals surface area contributed by atoms with Gasteiger partial charge < -0.3 is 5.32 Å². The second-order valence-corrected chi connectivity index (χ2v) is 7.21. The Bertz CT molecular complexity index is 716. The molecule has 0 spiro atoms.